The van der Waals surface area contributed by atoms with Gasteiger partial charge >= 0.3 is 0 Å². The van der Waals surface area contributed by atoms with Crippen LogP contribution in [-0.2, 0) is 14.8 Å². The predicted octanol–water partition coefficient (Wildman–Crippen LogP) is 0.168. The number of rotatable bonds is 4. The molecule has 0 radical (unpaired) electrons. The van der Waals surface area contributed by atoms with Gasteiger partial charge in [-0.3, -0.25) is 9.59 Å². The zero-order valence-corrected chi connectivity index (χ0v) is 15.3. The Morgan fingerprint density at radius 2 is 1.88 bits per heavy atom. The second-order valence-corrected chi connectivity index (χ2v) is 8.12. The Morgan fingerprint density at radius 1 is 1.19 bits per heavy atom. The summed E-state index contributed by atoms with van der Waals surface area (Å²) in [6.45, 7) is 2.65. The summed E-state index contributed by atoms with van der Waals surface area (Å²) in [5.41, 5.74) is 0.0621. The maximum Gasteiger partial charge on any atom is 0.267 e. The van der Waals surface area contributed by atoms with Crippen LogP contribution in [0.2, 0.25) is 0 Å². The molecule has 0 spiro atoms. The van der Waals surface area contributed by atoms with Crippen LogP contribution in [0, 0.1) is 0 Å². The predicted molar refractivity (Wildman–Crippen MR) is 93.9 cm³/mol. The highest BCUT2D eigenvalue weighted by molar-refractivity contribution is 7.88. The van der Waals surface area contributed by atoms with Crippen LogP contribution in [-0.4, -0.2) is 65.7 Å². The van der Waals surface area contributed by atoms with Gasteiger partial charge in [-0.1, -0.05) is 0 Å². The molecule has 3 rings (SSSR count). The Hall–Kier alpha value is -2.46. The molecule has 10 heteroatoms. The fourth-order valence-electron chi connectivity index (χ4n) is 2.87. The zero-order chi connectivity index (χ0) is 18.9. The molecule has 1 aliphatic rings. The molecule has 0 aromatic carbocycles. The van der Waals surface area contributed by atoms with Gasteiger partial charge in [-0.15, -0.1) is 0 Å². The van der Waals surface area contributed by atoms with E-state index in [1.165, 1.54) is 16.6 Å². The molecule has 2 aromatic rings. The number of amides is 1. The second kappa shape index (κ2) is 7.04. The summed E-state index contributed by atoms with van der Waals surface area (Å²) in [6, 6.07) is 5.51. The number of sulfonamides is 1. The number of carbonyl (C=O) groups is 1. The molecule has 2 aromatic heterocycles. The van der Waals surface area contributed by atoms with Crippen molar-refractivity contribution in [3.63, 3.8) is 0 Å². The van der Waals surface area contributed by atoms with Gasteiger partial charge in [0, 0.05) is 32.2 Å². The lowest BCUT2D eigenvalue weighted by atomic mass is 10.2. The Kier molecular flexibility index (Phi) is 4.97. The molecule has 1 atom stereocenters. The van der Waals surface area contributed by atoms with E-state index in [2.05, 4.69) is 5.10 Å². The van der Waals surface area contributed by atoms with Crippen molar-refractivity contribution in [2.75, 3.05) is 32.4 Å². The lowest BCUT2D eigenvalue weighted by Gasteiger charge is -2.34. The van der Waals surface area contributed by atoms with Crippen molar-refractivity contribution in [3.05, 3.63) is 40.9 Å². The first-order valence-corrected chi connectivity index (χ1v) is 10.00. The van der Waals surface area contributed by atoms with Gasteiger partial charge in [0.05, 0.1) is 12.5 Å². The third-order valence-electron chi connectivity index (χ3n) is 4.34. The van der Waals surface area contributed by atoms with Crippen LogP contribution in [0.3, 0.4) is 0 Å². The first-order valence-electron chi connectivity index (χ1n) is 8.15. The Morgan fingerprint density at radius 3 is 2.46 bits per heavy atom. The first kappa shape index (κ1) is 18.3. The number of aromatic nitrogens is 2. The first-order chi connectivity index (χ1) is 12.3. The summed E-state index contributed by atoms with van der Waals surface area (Å²) < 4.78 is 30.9. The number of piperazine rings is 1. The highest BCUT2D eigenvalue weighted by Crippen LogP contribution is 2.17. The highest BCUT2D eigenvalue weighted by Gasteiger charge is 2.29. The van der Waals surface area contributed by atoms with Gasteiger partial charge in [0.2, 0.25) is 15.9 Å². The average Bonchev–Trinajstić information content (AvgIpc) is 3.15. The number of hydrogen-bond donors (Lipinski definition) is 0. The lowest BCUT2D eigenvalue weighted by Crippen LogP contribution is -2.52. The standard InChI is InChI=1S/C16H20N4O5S/c1-12(16(22)18-7-9-19(10-8-18)26(2,23)24)20-15(21)6-5-13(17-20)14-4-3-11-25-14/h3-6,11-12H,7-10H2,1-2H3/t12-/m1/s1. The van der Waals surface area contributed by atoms with Crippen molar-refractivity contribution in [3.8, 4) is 11.5 Å². The van der Waals surface area contributed by atoms with Crippen LogP contribution in [0.25, 0.3) is 11.5 Å². The van der Waals surface area contributed by atoms with E-state index in [1.807, 2.05) is 0 Å². The van der Waals surface area contributed by atoms with E-state index < -0.39 is 21.6 Å². The molecule has 0 N–H and O–H groups in total. The fraction of sp³-hybridized carbons (Fsp3) is 0.438. The number of carbonyl (C=O) groups excluding carboxylic acids is 1. The molecule has 26 heavy (non-hydrogen) atoms. The van der Waals surface area contributed by atoms with Crippen LogP contribution in [0.1, 0.15) is 13.0 Å². The summed E-state index contributed by atoms with van der Waals surface area (Å²) in [7, 11) is -3.27. The minimum absolute atomic E-state index is 0.242. The van der Waals surface area contributed by atoms with Crippen LogP contribution >= 0.6 is 0 Å². The summed E-state index contributed by atoms with van der Waals surface area (Å²) in [6.07, 6.45) is 2.65. The highest BCUT2D eigenvalue weighted by atomic mass is 32.2. The molecule has 1 saturated heterocycles. The number of hydrogen-bond acceptors (Lipinski definition) is 6. The van der Waals surface area contributed by atoms with Crippen molar-refractivity contribution >= 4 is 15.9 Å². The third kappa shape index (κ3) is 3.70. The van der Waals surface area contributed by atoms with Crippen molar-refractivity contribution < 1.29 is 17.6 Å². The minimum atomic E-state index is -3.27. The summed E-state index contributed by atoms with van der Waals surface area (Å²) in [4.78, 5) is 26.5. The quantitative estimate of drug-likeness (QED) is 0.749. The molecule has 9 nitrogen and oxygen atoms in total. The van der Waals surface area contributed by atoms with Crippen molar-refractivity contribution in [2.45, 2.75) is 13.0 Å². The van der Waals surface area contributed by atoms with E-state index in [0.717, 1.165) is 10.9 Å². The minimum Gasteiger partial charge on any atom is -0.463 e. The maximum absolute atomic E-state index is 12.7. The zero-order valence-electron chi connectivity index (χ0n) is 14.5. The van der Waals surface area contributed by atoms with Crippen LogP contribution in [0.5, 0.6) is 0 Å². The Bertz CT molecular complexity index is 943. The van der Waals surface area contributed by atoms with Gasteiger partial charge in [-0.25, -0.2) is 13.1 Å². The van der Waals surface area contributed by atoms with Gasteiger partial charge in [-0.05, 0) is 25.1 Å². The average molecular weight is 380 g/mol. The molecule has 140 valence electrons. The second-order valence-electron chi connectivity index (χ2n) is 6.14. The van der Waals surface area contributed by atoms with Gasteiger partial charge in [0.25, 0.3) is 5.56 Å². The van der Waals surface area contributed by atoms with E-state index in [1.54, 1.807) is 30.0 Å². The maximum atomic E-state index is 12.7. The third-order valence-corrected chi connectivity index (χ3v) is 5.65. The largest absolute Gasteiger partial charge is 0.463 e. The molecule has 0 bridgehead atoms. The van der Waals surface area contributed by atoms with Gasteiger partial charge < -0.3 is 9.32 Å². The Balaban J connectivity index is 1.77. The van der Waals surface area contributed by atoms with E-state index in [0.29, 0.717) is 11.5 Å². The topological polar surface area (TPSA) is 106 Å². The molecule has 1 amide bonds. The molecule has 3 heterocycles. The van der Waals surface area contributed by atoms with Crippen LogP contribution in [0.15, 0.2) is 39.7 Å². The smallest absolute Gasteiger partial charge is 0.267 e. The van der Waals surface area contributed by atoms with Crippen LogP contribution in [0.4, 0.5) is 0 Å². The number of nitrogens with zero attached hydrogens (tertiary/aromatic N) is 4. The fourth-order valence-corrected chi connectivity index (χ4v) is 3.69. The van der Waals surface area contributed by atoms with E-state index in [4.69, 9.17) is 4.42 Å². The van der Waals surface area contributed by atoms with Gasteiger partial charge in [0.15, 0.2) is 5.76 Å². The van der Waals surface area contributed by atoms with Crippen molar-refractivity contribution in [1.29, 1.82) is 0 Å². The van der Waals surface area contributed by atoms with E-state index >= 15 is 0 Å². The van der Waals surface area contributed by atoms with Gasteiger partial charge in [0.1, 0.15) is 11.7 Å². The lowest BCUT2D eigenvalue weighted by molar-refractivity contribution is -0.135. The molecule has 0 aliphatic carbocycles. The normalized spacial score (nSPS) is 17.2. The van der Waals surface area contributed by atoms with Crippen molar-refractivity contribution in [1.82, 2.24) is 19.0 Å². The van der Waals surface area contributed by atoms with Crippen LogP contribution < -0.4 is 5.56 Å². The molecular weight excluding hydrogens is 360 g/mol. The van der Waals surface area contributed by atoms with Crippen molar-refractivity contribution in [2.24, 2.45) is 0 Å². The summed E-state index contributed by atoms with van der Waals surface area (Å²) in [5.74, 6) is 0.226. The SMILES string of the molecule is C[C@H](C(=O)N1CCN(S(C)(=O)=O)CC1)n1nc(-c2ccco2)ccc1=O. The summed E-state index contributed by atoms with van der Waals surface area (Å²) in [5, 5.41) is 4.24. The van der Waals surface area contributed by atoms with Gasteiger partial charge in [-0.2, -0.15) is 9.40 Å². The Labute approximate surface area is 150 Å². The van der Waals surface area contributed by atoms with E-state index in [9.17, 15) is 18.0 Å². The molecule has 0 unspecified atom stereocenters. The molecule has 0 saturated carbocycles. The molecule has 1 fully saturated rings. The monoisotopic (exact) mass is 380 g/mol. The molecular formula is C16H20N4O5S. The molecule has 1 aliphatic heterocycles. The van der Waals surface area contributed by atoms with E-state index in [-0.39, 0.29) is 32.1 Å². The number of furan rings is 1. The summed E-state index contributed by atoms with van der Waals surface area (Å²) >= 11 is 0.